The van der Waals surface area contributed by atoms with Gasteiger partial charge < -0.3 is 14.6 Å². The SMILES string of the molecule is CCC[C@H](OC[C@H](C)O)c1cc(F)ccc1OC. The third-order valence-corrected chi connectivity index (χ3v) is 2.63. The summed E-state index contributed by atoms with van der Waals surface area (Å²) in [4.78, 5) is 0. The zero-order valence-electron chi connectivity index (χ0n) is 11.1. The van der Waals surface area contributed by atoms with E-state index in [1.54, 1.807) is 20.1 Å². The Hall–Kier alpha value is -1.13. The minimum absolute atomic E-state index is 0.227. The Morgan fingerprint density at radius 3 is 2.67 bits per heavy atom. The van der Waals surface area contributed by atoms with Gasteiger partial charge in [-0.1, -0.05) is 13.3 Å². The molecule has 0 spiro atoms. The highest BCUT2D eigenvalue weighted by Gasteiger charge is 2.17. The first-order valence-electron chi connectivity index (χ1n) is 6.21. The molecule has 0 saturated carbocycles. The summed E-state index contributed by atoms with van der Waals surface area (Å²) >= 11 is 0. The van der Waals surface area contributed by atoms with Gasteiger partial charge in [0.2, 0.25) is 0 Å². The maximum absolute atomic E-state index is 13.3. The third-order valence-electron chi connectivity index (χ3n) is 2.63. The highest BCUT2D eigenvalue weighted by molar-refractivity contribution is 5.35. The van der Waals surface area contributed by atoms with Crippen LogP contribution < -0.4 is 4.74 Å². The first-order chi connectivity index (χ1) is 8.58. The largest absolute Gasteiger partial charge is 0.496 e. The minimum Gasteiger partial charge on any atom is -0.496 e. The maximum atomic E-state index is 13.3. The van der Waals surface area contributed by atoms with Crippen LogP contribution in [0.25, 0.3) is 0 Å². The summed E-state index contributed by atoms with van der Waals surface area (Å²) in [5.74, 6) is 0.299. The van der Waals surface area contributed by atoms with E-state index >= 15 is 0 Å². The molecule has 1 aromatic rings. The number of aliphatic hydroxyl groups is 1. The van der Waals surface area contributed by atoms with E-state index in [0.717, 1.165) is 12.8 Å². The van der Waals surface area contributed by atoms with Gasteiger partial charge in [0.15, 0.2) is 0 Å². The molecule has 0 radical (unpaired) electrons. The van der Waals surface area contributed by atoms with Gasteiger partial charge in [0.25, 0.3) is 0 Å². The molecule has 0 heterocycles. The number of halogens is 1. The van der Waals surface area contributed by atoms with Gasteiger partial charge in [0.05, 0.1) is 25.9 Å². The second-order valence-corrected chi connectivity index (χ2v) is 4.35. The van der Waals surface area contributed by atoms with Crippen LogP contribution in [-0.4, -0.2) is 24.9 Å². The molecule has 0 aliphatic heterocycles. The van der Waals surface area contributed by atoms with Gasteiger partial charge in [-0.2, -0.15) is 0 Å². The first kappa shape index (κ1) is 14.9. The lowest BCUT2D eigenvalue weighted by atomic mass is 10.0. The molecule has 0 aliphatic rings. The summed E-state index contributed by atoms with van der Waals surface area (Å²) in [6.07, 6.45) is 0.871. The summed E-state index contributed by atoms with van der Waals surface area (Å²) < 4.78 is 24.2. The third kappa shape index (κ3) is 4.27. The maximum Gasteiger partial charge on any atom is 0.124 e. The molecule has 102 valence electrons. The van der Waals surface area contributed by atoms with Crippen LogP contribution in [0.15, 0.2) is 18.2 Å². The number of hydrogen-bond acceptors (Lipinski definition) is 3. The summed E-state index contributed by atoms with van der Waals surface area (Å²) in [6, 6.07) is 4.39. The topological polar surface area (TPSA) is 38.7 Å². The van der Waals surface area contributed by atoms with Crippen molar-refractivity contribution in [3.8, 4) is 5.75 Å². The fourth-order valence-electron chi connectivity index (χ4n) is 1.80. The summed E-state index contributed by atoms with van der Waals surface area (Å²) in [6.45, 7) is 3.92. The molecule has 4 heteroatoms. The average molecular weight is 256 g/mol. The van der Waals surface area contributed by atoms with E-state index < -0.39 is 6.10 Å². The minimum atomic E-state index is -0.538. The Bertz CT molecular complexity index is 366. The molecule has 1 aromatic carbocycles. The van der Waals surface area contributed by atoms with E-state index in [2.05, 4.69) is 0 Å². The van der Waals surface area contributed by atoms with Crippen LogP contribution in [0, 0.1) is 5.82 Å². The van der Waals surface area contributed by atoms with Gasteiger partial charge in [-0.3, -0.25) is 0 Å². The van der Waals surface area contributed by atoms with E-state index in [1.165, 1.54) is 12.1 Å². The number of aliphatic hydroxyl groups excluding tert-OH is 1. The molecule has 18 heavy (non-hydrogen) atoms. The van der Waals surface area contributed by atoms with Crippen LogP contribution in [0.4, 0.5) is 4.39 Å². The summed E-state index contributed by atoms with van der Waals surface area (Å²) in [5.41, 5.74) is 0.694. The van der Waals surface area contributed by atoms with Gasteiger partial charge in [0.1, 0.15) is 11.6 Å². The number of methoxy groups -OCH3 is 1. The quantitative estimate of drug-likeness (QED) is 0.814. The average Bonchev–Trinajstić information content (AvgIpc) is 2.34. The fourth-order valence-corrected chi connectivity index (χ4v) is 1.80. The van der Waals surface area contributed by atoms with Crippen LogP contribution in [0.1, 0.15) is 38.4 Å². The highest BCUT2D eigenvalue weighted by Crippen LogP contribution is 2.31. The molecule has 1 rings (SSSR count). The number of ether oxygens (including phenoxy) is 2. The number of rotatable bonds is 7. The van der Waals surface area contributed by atoms with Crippen molar-refractivity contribution in [2.45, 2.75) is 38.9 Å². The molecule has 0 unspecified atom stereocenters. The summed E-state index contributed by atoms with van der Waals surface area (Å²) in [5, 5.41) is 9.27. The first-order valence-corrected chi connectivity index (χ1v) is 6.21. The van der Waals surface area contributed by atoms with Crippen molar-refractivity contribution >= 4 is 0 Å². The monoisotopic (exact) mass is 256 g/mol. The number of hydrogen-bond donors (Lipinski definition) is 1. The van der Waals surface area contributed by atoms with E-state index in [-0.39, 0.29) is 18.5 Å². The van der Waals surface area contributed by atoms with Gasteiger partial charge in [-0.05, 0) is 31.5 Å². The Morgan fingerprint density at radius 2 is 2.11 bits per heavy atom. The molecule has 0 fully saturated rings. The molecule has 0 bridgehead atoms. The van der Waals surface area contributed by atoms with Crippen molar-refractivity contribution in [2.24, 2.45) is 0 Å². The molecule has 1 N–H and O–H groups in total. The Morgan fingerprint density at radius 1 is 1.39 bits per heavy atom. The van der Waals surface area contributed by atoms with Crippen LogP contribution in [-0.2, 0) is 4.74 Å². The van der Waals surface area contributed by atoms with Crippen molar-refractivity contribution in [2.75, 3.05) is 13.7 Å². The smallest absolute Gasteiger partial charge is 0.124 e. The molecule has 0 saturated heterocycles. The number of benzene rings is 1. The molecular formula is C14H21FO3. The van der Waals surface area contributed by atoms with E-state index in [9.17, 15) is 9.50 Å². The van der Waals surface area contributed by atoms with Crippen LogP contribution in [0.5, 0.6) is 5.75 Å². The predicted molar refractivity (Wildman–Crippen MR) is 68.2 cm³/mol. The second kappa shape index (κ2) is 7.34. The van der Waals surface area contributed by atoms with Gasteiger partial charge in [0, 0.05) is 5.56 Å². The molecule has 0 aromatic heterocycles. The van der Waals surface area contributed by atoms with Crippen molar-refractivity contribution in [1.29, 1.82) is 0 Å². The van der Waals surface area contributed by atoms with Gasteiger partial charge in [-0.15, -0.1) is 0 Å². The lowest BCUT2D eigenvalue weighted by Gasteiger charge is -2.21. The second-order valence-electron chi connectivity index (χ2n) is 4.35. The van der Waals surface area contributed by atoms with Gasteiger partial charge in [-0.25, -0.2) is 4.39 Å². The van der Waals surface area contributed by atoms with Gasteiger partial charge >= 0.3 is 0 Å². The lowest BCUT2D eigenvalue weighted by Crippen LogP contribution is -2.15. The zero-order chi connectivity index (χ0) is 13.5. The van der Waals surface area contributed by atoms with E-state index in [0.29, 0.717) is 11.3 Å². The van der Waals surface area contributed by atoms with Crippen molar-refractivity contribution in [3.05, 3.63) is 29.6 Å². The Labute approximate surface area is 108 Å². The summed E-state index contributed by atoms with van der Waals surface area (Å²) in [7, 11) is 1.55. The van der Waals surface area contributed by atoms with E-state index in [1.807, 2.05) is 6.92 Å². The fraction of sp³-hybridized carbons (Fsp3) is 0.571. The van der Waals surface area contributed by atoms with Crippen molar-refractivity contribution < 1.29 is 19.0 Å². The Balaban J connectivity index is 2.92. The Kier molecular flexibility index (Phi) is 6.09. The molecule has 2 atom stereocenters. The molecule has 3 nitrogen and oxygen atoms in total. The normalized spacial score (nSPS) is 14.3. The standard InChI is InChI=1S/C14H21FO3/c1-4-5-14(18-9-10(2)16)12-8-11(15)6-7-13(12)17-3/h6-8,10,14,16H,4-5,9H2,1-3H3/t10-,14-/m0/s1. The van der Waals surface area contributed by atoms with Crippen molar-refractivity contribution in [3.63, 3.8) is 0 Å². The van der Waals surface area contributed by atoms with Crippen molar-refractivity contribution in [1.82, 2.24) is 0 Å². The zero-order valence-corrected chi connectivity index (χ0v) is 11.1. The van der Waals surface area contributed by atoms with Crippen LogP contribution in [0.2, 0.25) is 0 Å². The van der Waals surface area contributed by atoms with E-state index in [4.69, 9.17) is 9.47 Å². The molecule has 0 aliphatic carbocycles. The molecule has 0 amide bonds. The lowest BCUT2D eigenvalue weighted by molar-refractivity contribution is -0.00884. The highest BCUT2D eigenvalue weighted by atomic mass is 19.1. The van der Waals surface area contributed by atoms with Crippen LogP contribution >= 0.6 is 0 Å². The molecular weight excluding hydrogens is 235 g/mol. The predicted octanol–water partition coefficient (Wildman–Crippen LogP) is 3.07. The van der Waals surface area contributed by atoms with Crippen LogP contribution in [0.3, 0.4) is 0 Å².